The fourth-order valence-electron chi connectivity index (χ4n) is 0.250. The predicted molar refractivity (Wildman–Crippen MR) is 28.6 cm³/mol. The Morgan fingerprint density at radius 2 is 0.750 bits per heavy atom. The Labute approximate surface area is 29.2 Å². The van der Waals surface area contributed by atoms with E-state index in [1.807, 2.05) is 0 Å². The lowest BCUT2D eigenvalue weighted by Gasteiger charge is -1.96. The molecule has 4 heteroatoms. The van der Waals surface area contributed by atoms with Gasteiger partial charge < -0.3 is 0 Å². The summed E-state index contributed by atoms with van der Waals surface area (Å²) in [5.41, 5.74) is 0. The van der Waals surface area contributed by atoms with Crippen molar-refractivity contribution in [3.8, 4) is 0 Å². The summed E-state index contributed by atoms with van der Waals surface area (Å²) in [6.45, 7) is 0. The van der Waals surface area contributed by atoms with Gasteiger partial charge >= 0.3 is 0 Å². The lowest BCUT2D eigenvalue weighted by atomic mass is 8.81. The minimum absolute atomic E-state index is 1.50. The van der Waals surface area contributed by atoms with Crippen LogP contribution in [0.5, 0.6) is 0 Å². The average molecular weight is 47.3 g/mol. The minimum atomic E-state index is 1.50. The second-order valence-electron chi connectivity index (χ2n) is 1.41. The van der Waals surface area contributed by atoms with E-state index < -0.39 is 0 Å². The molecule has 1 aliphatic rings. The molecule has 0 spiro atoms. The van der Waals surface area contributed by atoms with Gasteiger partial charge in [-0.3, -0.25) is 0 Å². The van der Waals surface area contributed by atoms with Crippen molar-refractivity contribution in [2.45, 2.75) is 0 Å². The Kier molecular flexibility index (Phi) is 0.572. The molecule has 0 N–H and O–H groups in total. The molecule has 1 rings (SSSR count). The van der Waals surface area contributed by atoms with E-state index >= 15 is 0 Å². The topological polar surface area (TPSA) is 0 Å². The van der Waals surface area contributed by atoms with Crippen molar-refractivity contribution in [1.82, 2.24) is 0 Å². The molecule has 4 heavy (non-hydrogen) atoms. The fraction of sp³-hybridized carbons (Fsp3) is 0. The quantitative estimate of drug-likeness (QED) is 0.263. The number of hydrogen-bond donors (Lipinski definition) is 0. The van der Waals surface area contributed by atoms with Crippen LogP contribution in [0.15, 0.2) is 0 Å². The van der Waals surface area contributed by atoms with Crippen LogP contribution >= 0.6 is 0 Å². The first kappa shape index (κ1) is 2.49. The standard InChI is InChI=1S/B4H4/c1-2-4-3-1/h1-4H. The summed E-state index contributed by atoms with van der Waals surface area (Å²) < 4.78 is 0. The highest BCUT2D eigenvalue weighted by Gasteiger charge is 2.04. The molecule has 0 atom stereocenters. The number of rotatable bonds is 0. The zero-order valence-corrected chi connectivity index (χ0v) is 2.83. The molecule has 0 aromatic rings. The molecule has 0 aromatic heterocycles. The molecule has 0 bridgehead atoms. The highest BCUT2D eigenvalue weighted by Crippen LogP contribution is 1.62. The summed E-state index contributed by atoms with van der Waals surface area (Å²) in [5, 5.41) is 0. The Bertz CT molecular complexity index is 8.00. The molecule has 0 aromatic carbocycles. The third-order valence-electron chi connectivity index (χ3n) is 1.000. The Hall–Kier alpha value is 0.260. The van der Waals surface area contributed by atoms with Crippen LogP contribution in [0.25, 0.3) is 0 Å². The summed E-state index contributed by atoms with van der Waals surface area (Å²) >= 11 is 0. The lowest BCUT2D eigenvalue weighted by Crippen LogP contribution is -2.38. The Balaban J connectivity index is 2.00. The molecule has 0 unspecified atom stereocenters. The van der Waals surface area contributed by atoms with E-state index in [-0.39, 0.29) is 0 Å². The molecular formula is H4B4. The Morgan fingerprint density at radius 1 is 0.500 bits per heavy atom. The predicted octanol–water partition coefficient (Wildman–Crippen LogP) is -2.59. The molecule has 0 radical (unpaired) electrons. The fourth-order valence-corrected chi connectivity index (χ4v) is 0.250. The van der Waals surface area contributed by atoms with E-state index in [1.165, 1.54) is 28.2 Å². The van der Waals surface area contributed by atoms with Gasteiger partial charge in [-0.2, -0.15) is 0 Å². The summed E-state index contributed by atoms with van der Waals surface area (Å²) in [6, 6.07) is 0. The second kappa shape index (κ2) is 0.917. The molecule has 0 amide bonds. The van der Waals surface area contributed by atoms with Gasteiger partial charge in [0, 0.05) is 28.2 Å². The zero-order chi connectivity index (χ0) is 2.83. The second-order valence-corrected chi connectivity index (χ2v) is 1.41. The van der Waals surface area contributed by atoms with Crippen molar-refractivity contribution in [3.63, 3.8) is 0 Å². The first-order valence-electron chi connectivity index (χ1n) is 2.00. The molecule has 1 heterocycles. The van der Waals surface area contributed by atoms with E-state index in [2.05, 4.69) is 0 Å². The summed E-state index contributed by atoms with van der Waals surface area (Å²) in [6.07, 6.45) is 0. The largest absolute Gasteiger partial charge is 0.0379 e. The van der Waals surface area contributed by atoms with Crippen molar-refractivity contribution in [2.24, 2.45) is 0 Å². The summed E-state index contributed by atoms with van der Waals surface area (Å²) in [4.78, 5) is 0. The highest BCUT2D eigenvalue weighted by molar-refractivity contribution is 7.75. The van der Waals surface area contributed by atoms with Crippen LogP contribution in [0.3, 0.4) is 0 Å². The zero-order valence-electron chi connectivity index (χ0n) is 2.83. The normalized spacial score (nSPS) is 16.0. The third-order valence-corrected chi connectivity index (χ3v) is 1.000. The monoisotopic (exact) mass is 48.1 g/mol. The maximum Gasteiger partial charge on any atom is 0.0379 e. The minimum Gasteiger partial charge on any atom is 0.0379 e. The van der Waals surface area contributed by atoms with Crippen LogP contribution in [-0.4, -0.2) is 28.2 Å². The molecule has 16 valence electrons. The first-order valence-corrected chi connectivity index (χ1v) is 2.00. The lowest BCUT2D eigenvalue weighted by molar-refractivity contribution is 3.76. The van der Waals surface area contributed by atoms with Gasteiger partial charge in [-0.05, 0) is 0 Å². The van der Waals surface area contributed by atoms with Gasteiger partial charge in [0.05, 0.1) is 0 Å². The van der Waals surface area contributed by atoms with Crippen LogP contribution < -0.4 is 0 Å². The highest BCUT2D eigenvalue weighted by atomic mass is 12.8. The summed E-state index contributed by atoms with van der Waals surface area (Å²) in [5.74, 6) is 0. The van der Waals surface area contributed by atoms with Gasteiger partial charge in [0.1, 0.15) is 0 Å². The SMILES string of the molecule is B1BBB1. The average Bonchev–Trinajstić information content (AvgIpc) is 0.722. The van der Waals surface area contributed by atoms with Gasteiger partial charge in [0.25, 0.3) is 0 Å². The van der Waals surface area contributed by atoms with Gasteiger partial charge in [-0.1, -0.05) is 0 Å². The van der Waals surface area contributed by atoms with Crippen LogP contribution in [0, 0.1) is 0 Å². The molecule has 0 nitrogen and oxygen atoms in total. The molecule has 1 saturated heterocycles. The van der Waals surface area contributed by atoms with Crippen molar-refractivity contribution in [3.05, 3.63) is 0 Å². The van der Waals surface area contributed by atoms with Gasteiger partial charge in [0.15, 0.2) is 0 Å². The van der Waals surface area contributed by atoms with E-state index in [0.717, 1.165) is 0 Å². The van der Waals surface area contributed by atoms with E-state index in [1.54, 1.807) is 0 Å². The van der Waals surface area contributed by atoms with Gasteiger partial charge in [0.2, 0.25) is 0 Å². The first-order chi connectivity index (χ1) is 2.00. The van der Waals surface area contributed by atoms with Crippen molar-refractivity contribution in [1.29, 1.82) is 0 Å². The van der Waals surface area contributed by atoms with E-state index in [9.17, 15) is 0 Å². The maximum absolute atomic E-state index is 1.50. The third kappa shape index (κ3) is 0.198. The van der Waals surface area contributed by atoms with E-state index in [0.29, 0.717) is 0 Å². The van der Waals surface area contributed by atoms with Crippen LogP contribution in [0.2, 0.25) is 0 Å². The van der Waals surface area contributed by atoms with Crippen LogP contribution in [0.1, 0.15) is 0 Å². The maximum atomic E-state index is 1.50. The molecule has 0 saturated carbocycles. The van der Waals surface area contributed by atoms with Crippen LogP contribution in [-0.2, 0) is 0 Å². The van der Waals surface area contributed by atoms with Crippen molar-refractivity contribution < 1.29 is 0 Å². The molecule has 0 aliphatic carbocycles. The molecule has 1 aliphatic heterocycles. The summed E-state index contributed by atoms with van der Waals surface area (Å²) in [7, 11) is 6.00. The van der Waals surface area contributed by atoms with E-state index in [4.69, 9.17) is 0 Å². The number of hydrogen-bond acceptors (Lipinski definition) is 0. The van der Waals surface area contributed by atoms with Gasteiger partial charge in [-0.15, -0.1) is 0 Å². The Morgan fingerprint density at radius 3 is 0.750 bits per heavy atom. The smallest absolute Gasteiger partial charge is 0.0379 e. The molecule has 1 fully saturated rings. The molecular weight excluding hydrogens is 43.2 g/mol. The van der Waals surface area contributed by atoms with Gasteiger partial charge in [-0.25, -0.2) is 0 Å². The van der Waals surface area contributed by atoms with Crippen molar-refractivity contribution >= 4 is 28.2 Å². The van der Waals surface area contributed by atoms with Crippen molar-refractivity contribution in [2.75, 3.05) is 0 Å². The van der Waals surface area contributed by atoms with Crippen LogP contribution in [0.4, 0.5) is 0 Å².